The van der Waals surface area contributed by atoms with Crippen LogP contribution in [0.3, 0.4) is 0 Å². The lowest BCUT2D eigenvalue weighted by molar-refractivity contribution is -0.121. The van der Waals surface area contributed by atoms with Crippen molar-refractivity contribution in [1.82, 2.24) is 9.97 Å². The van der Waals surface area contributed by atoms with Gasteiger partial charge in [0.05, 0.1) is 0 Å². The molecule has 0 aliphatic rings. The van der Waals surface area contributed by atoms with E-state index in [0.717, 1.165) is 18.4 Å². The fourth-order valence-corrected chi connectivity index (χ4v) is 1.40. The van der Waals surface area contributed by atoms with Crippen LogP contribution in [0.15, 0.2) is 0 Å². The van der Waals surface area contributed by atoms with Crippen LogP contribution < -0.4 is 16.8 Å². The number of amides is 1. The zero-order valence-electron chi connectivity index (χ0n) is 11.4. The number of aryl methyl sites for hydroxylation is 1. The van der Waals surface area contributed by atoms with Crippen molar-refractivity contribution in [3.8, 4) is 0 Å². The first-order chi connectivity index (χ1) is 8.27. The molecule has 1 aromatic rings. The van der Waals surface area contributed by atoms with Gasteiger partial charge < -0.3 is 16.8 Å². The van der Waals surface area contributed by atoms with Gasteiger partial charge in [-0.25, -0.2) is 9.97 Å². The first-order valence-corrected chi connectivity index (χ1v) is 5.99. The van der Waals surface area contributed by atoms with Crippen molar-refractivity contribution in [3.05, 3.63) is 11.4 Å². The minimum Gasteiger partial charge on any atom is -0.383 e. The molecule has 0 aliphatic carbocycles. The van der Waals surface area contributed by atoms with Crippen molar-refractivity contribution in [1.29, 1.82) is 0 Å². The molecule has 1 heterocycles. The third-order valence-electron chi connectivity index (χ3n) is 2.75. The van der Waals surface area contributed by atoms with Crippen molar-refractivity contribution >= 4 is 17.5 Å². The maximum atomic E-state index is 11.3. The molecule has 1 amide bonds. The van der Waals surface area contributed by atoms with Gasteiger partial charge in [-0.05, 0) is 27.2 Å². The number of nitrogens with one attached hydrogen (secondary N) is 1. The molecular weight excluding hydrogens is 230 g/mol. The second kappa shape index (κ2) is 5.20. The Balaban J connectivity index is 3.11. The third-order valence-corrected chi connectivity index (χ3v) is 2.75. The number of anilines is 2. The van der Waals surface area contributed by atoms with Crippen LogP contribution in [0.5, 0.6) is 0 Å². The van der Waals surface area contributed by atoms with Gasteiger partial charge in [-0.1, -0.05) is 6.92 Å². The summed E-state index contributed by atoms with van der Waals surface area (Å²) in [5, 5.41) is 3.02. The minimum atomic E-state index is -0.880. The Morgan fingerprint density at radius 1 is 1.39 bits per heavy atom. The number of carbonyl (C=O) groups excluding carboxylic acids is 1. The van der Waals surface area contributed by atoms with Crippen LogP contribution in [-0.4, -0.2) is 21.4 Å². The van der Waals surface area contributed by atoms with E-state index in [1.165, 1.54) is 0 Å². The number of carbonyl (C=O) groups is 1. The molecule has 100 valence electrons. The van der Waals surface area contributed by atoms with Crippen molar-refractivity contribution in [2.75, 3.05) is 11.1 Å². The average molecular weight is 251 g/mol. The smallest absolute Gasteiger partial charge is 0.242 e. The maximum absolute atomic E-state index is 11.3. The van der Waals surface area contributed by atoms with Crippen LogP contribution in [0.4, 0.5) is 11.6 Å². The number of nitrogen functional groups attached to an aromatic ring is 1. The summed E-state index contributed by atoms with van der Waals surface area (Å²) in [6, 6.07) is 0. The number of nitrogens with two attached hydrogens (primary N) is 2. The van der Waals surface area contributed by atoms with E-state index in [1.807, 2.05) is 13.8 Å². The SMILES string of the molecule is CCCc1nc(N)c(C)c(NC(C)(C)C(N)=O)n1. The molecule has 5 N–H and O–H groups in total. The molecule has 6 heteroatoms. The number of rotatable bonds is 5. The van der Waals surface area contributed by atoms with Crippen LogP contribution in [0.25, 0.3) is 0 Å². The zero-order valence-corrected chi connectivity index (χ0v) is 11.4. The lowest BCUT2D eigenvalue weighted by atomic mass is 10.0. The van der Waals surface area contributed by atoms with E-state index in [4.69, 9.17) is 11.5 Å². The lowest BCUT2D eigenvalue weighted by Gasteiger charge is -2.24. The number of aromatic nitrogens is 2. The Morgan fingerprint density at radius 2 is 2.00 bits per heavy atom. The average Bonchev–Trinajstić information content (AvgIpc) is 2.25. The molecule has 0 fully saturated rings. The number of primary amides is 1. The standard InChI is InChI=1S/C12H21N5O/c1-5-6-8-15-9(13)7(2)10(16-8)17-12(3,4)11(14)18/h5-6H2,1-4H3,(H2,14,18)(H3,13,15,16,17). The van der Waals surface area contributed by atoms with Gasteiger partial charge in [-0.2, -0.15) is 0 Å². The summed E-state index contributed by atoms with van der Waals surface area (Å²) in [6.45, 7) is 7.25. The normalized spacial score (nSPS) is 11.3. The fourth-order valence-electron chi connectivity index (χ4n) is 1.40. The van der Waals surface area contributed by atoms with Crippen molar-refractivity contribution in [3.63, 3.8) is 0 Å². The van der Waals surface area contributed by atoms with Gasteiger partial charge in [0.1, 0.15) is 23.0 Å². The summed E-state index contributed by atoms with van der Waals surface area (Å²) in [5.74, 6) is 1.21. The molecule has 0 aliphatic heterocycles. The summed E-state index contributed by atoms with van der Waals surface area (Å²) >= 11 is 0. The Labute approximate surface area is 107 Å². The van der Waals surface area contributed by atoms with Gasteiger partial charge in [0.15, 0.2) is 0 Å². The summed E-state index contributed by atoms with van der Waals surface area (Å²) in [5.41, 5.74) is 11.0. The van der Waals surface area contributed by atoms with E-state index in [9.17, 15) is 4.79 Å². The second-order valence-electron chi connectivity index (χ2n) is 4.86. The van der Waals surface area contributed by atoms with E-state index in [1.54, 1.807) is 13.8 Å². The molecule has 18 heavy (non-hydrogen) atoms. The van der Waals surface area contributed by atoms with Gasteiger partial charge in [0, 0.05) is 12.0 Å². The van der Waals surface area contributed by atoms with Crippen molar-refractivity contribution in [2.45, 2.75) is 46.1 Å². The summed E-state index contributed by atoms with van der Waals surface area (Å²) in [6.07, 6.45) is 1.68. The highest BCUT2D eigenvalue weighted by molar-refractivity contribution is 5.87. The van der Waals surface area contributed by atoms with Crippen LogP contribution in [0, 0.1) is 6.92 Å². The number of hydrogen-bond donors (Lipinski definition) is 3. The van der Waals surface area contributed by atoms with Gasteiger partial charge in [0.2, 0.25) is 5.91 Å². The summed E-state index contributed by atoms with van der Waals surface area (Å²) in [7, 11) is 0. The Morgan fingerprint density at radius 3 is 2.50 bits per heavy atom. The first-order valence-electron chi connectivity index (χ1n) is 5.99. The molecule has 0 saturated heterocycles. The topological polar surface area (TPSA) is 107 Å². The molecule has 0 unspecified atom stereocenters. The Bertz CT molecular complexity index is 456. The van der Waals surface area contributed by atoms with E-state index >= 15 is 0 Å². The van der Waals surface area contributed by atoms with Crippen LogP contribution in [0.1, 0.15) is 38.6 Å². The number of hydrogen-bond acceptors (Lipinski definition) is 5. The highest BCUT2D eigenvalue weighted by Crippen LogP contribution is 2.21. The molecule has 6 nitrogen and oxygen atoms in total. The zero-order chi connectivity index (χ0) is 13.9. The Hall–Kier alpha value is -1.85. The lowest BCUT2D eigenvalue weighted by Crippen LogP contribution is -2.45. The quantitative estimate of drug-likeness (QED) is 0.723. The summed E-state index contributed by atoms with van der Waals surface area (Å²) in [4.78, 5) is 19.9. The maximum Gasteiger partial charge on any atom is 0.242 e. The molecule has 1 rings (SSSR count). The first kappa shape index (κ1) is 14.2. The molecule has 0 aromatic carbocycles. The van der Waals surface area contributed by atoms with E-state index in [2.05, 4.69) is 15.3 Å². The minimum absolute atomic E-state index is 0.427. The molecule has 0 bridgehead atoms. The largest absolute Gasteiger partial charge is 0.383 e. The fraction of sp³-hybridized carbons (Fsp3) is 0.583. The predicted octanol–water partition coefficient (Wildman–Crippen LogP) is 0.996. The van der Waals surface area contributed by atoms with Crippen LogP contribution >= 0.6 is 0 Å². The van der Waals surface area contributed by atoms with Crippen LogP contribution in [0.2, 0.25) is 0 Å². The molecule has 1 aromatic heterocycles. The van der Waals surface area contributed by atoms with Crippen LogP contribution in [-0.2, 0) is 11.2 Å². The van der Waals surface area contributed by atoms with Gasteiger partial charge in [-0.15, -0.1) is 0 Å². The van der Waals surface area contributed by atoms with Gasteiger partial charge >= 0.3 is 0 Å². The molecule has 0 atom stereocenters. The molecule has 0 radical (unpaired) electrons. The summed E-state index contributed by atoms with van der Waals surface area (Å²) < 4.78 is 0. The second-order valence-corrected chi connectivity index (χ2v) is 4.86. The van der Waals surface area contributed by atoms with Crippen molar-refractivity contribution in [2.24, 2.45) is 5.73 Å². The van der Waals surface area contributed by atoms with E-state index in [-0.39, 0.29) is 0 Å². The van der Waals surface area contributed by atoms with E-state index < -0.39 is 11.4 Å². The monoisotopic (exact) mass is 251 g/mol. The highest BCUT2D eigenvalue weighted by Gasteiger charge is 2.26. The number of nitrogens with zero attached hydrogens (tertiary/aromatic N) is 2. The Kier molecular flexibility index (Phi) is 4.11. The predicted molar refractivity (Wildman–Crippen MR) is 72.1 cm³/mol. The molecule has 0 spiro atoms. The molecule has 0 saturated carbocycles. The highest BCUT2D eigenvalue weighted by atomic mass is 16.1. The van der Waals surface area contributed by atoms with Crippen molar-refractivity contribution < 1.29 is 4.79 Å². The third kappa shape index (κ3) is 3.09. The van der Waals surface area contributed by atoms with Gasteiger partial charge in [0.25, 0.3) is 0 Å². The van der Waals surface area contributed by atoms with Gasteiger partial charge in [-0.3, -0.25) is 4.79 Å². The molecular formula is C12H21N5O. The van der Waals surface area contributed by atoms with E-state index in [0.29, 0.717) is 17.5 Å².